The lowest BCUT2D eigenvalue weighted by molar-refractivity contribution is 0.981. The van der Waals surface area contributed by atoms with Crippen LogP contribution in [0.3, 0.4) is 0 Å². The number of anilines is 1. The molecule has 0 fully saturated rings. The van der Waals surface area contributed by atoms with E-state index in [2.05, 4.69) is 42.2 Å². The highest BCUT2D eigenvalue weighted by Gasteiger charge is 2.13. The number of rotatable bonds is 3. The first-order valence-corrected chi connectivity index (χ1v) is 7.58. The van der Waals surface area contributed by atoms with Gasteiger partial charge in [-0.1, -0.05) is 49.4 Å². The first-order valence-electron chi connectivity index (χ1n) is 7.58. The second-order valence-electron chi connectivity index (χ2n) is 5.66. The summed E-state index contributed by atoms with van der Waals surface area (Å²) in [5.74, 6) is 0. The fourth-order valence-corrected chi connectivity index (χ4v) is 3.07. The van der Waals surface area contributed by atoms with Gasteiger partial charge >= 0.3 is 0 Å². The van der Waals surface area contributed by atoms with Crippen LogP contribution in [0, 0.1) is 6.92 Å². The number of pyridine rings is 1. The first-order chi connectivity index (χ1) is 10.6. The maximum absolute atomic E-state index is 12.0. The maximum Gasteiger partial charge on any atom is 0.271 e. The molecule has 0 saturated heterocycles. The quantitative estimate of drug-likeness (QED) is 0.775. The molecule has 112 valence electrons. The Morgan fingerprint density at radius 3 is 2.50 bits per heavy atom. The molecule has 0 radical (unpaired) electrons. The second kappa shape index (κ2) is 5.68. The molecule has 1 heterocycles. The number of aromatic nitrogens is 1. The Hall–Kier alpha value is -2.55. The van der Waals surface area contributed by atoms with E-state index >= 15 is 0 Å². The molecule has 0 aliphatic carbocycles. The number of nitrogen functional groups attached to an aromatic ring is 1. The van der Waals surface area contributed by atoms with E-state index in [1.54, 1.807) is 0 Å². The van der Waals surface area contributed by atoms with Crippen molar-refractivity contribution >= 4 is 16.5 Å². The molecule has 22 heavy (non-hydrogen) atoms. The molecule has 3 heteroatoms. The molecule has 0 saturated carbocycles. The zero-order chi connectivity index (χ0) is 15.7. The maximum atomic E-state index is 12.0. The molecule has 3 aromatic rings. The Morgan fingerprint density at radius 2 is 1.77 bits per heavy atom. The number of aryl methyl sites for hydroxylation is 1. The normalized spacial score (nSPS) is 11.0. The van der Waals surface area contributed by atoms with E-state index in [-0.39, 0.29) is 5.56 Å². The van der Waals surface area contributed by atoms with Crippen molar-refractivity contribution in [2.24, 2.45) is 0 Å². The number of benzene rings is 2. The van der Waals surface area contributed by atoms with Gasteiger partial charge in [0.25, 0.3) is 5.56 Å². The first kappa shape index (κ1) is 14.4. The Bertz CT molecular complexity index is 894. The van der Waals surface area contributed by atoms with E-state index in [4.69, 9.17) is 5.73 Å². The third-order valence-electron chi connectivity index (χ3n) is 4.24. The smallest absolute Gasteiger partial charge is 0.271 e. The van der Waals surface area contributed by atoms with Gasteiger partial charge in [-0.05, 0) is 40.8 Å². The van der Waals surface area contributed by atoms with Gasteiger partial charge in [-0.2, -0.15) is 0 Å². The summed E-state index contributed by atoms with van der Waals surface area (Å²) in [7, 11) is 0. The molecule has 3 rings (SSSR count). The van der Waals surface area contributed by atoms with Crippen LogP contribution in [0.4, 0.5) is 5.69 Å². The number of aromatic amines is 1. The third kappa shape index (κ3) is 2.50. The molecule has 0 atom stereocenters. The SMILES string of the molecule is CCc1c(C)[nH]c(=O)c(N)c1Cc1ccc2ccccc2c1. The van der Waals surface area contributed by atoms with Crippen LogP contribution in [0.15, 0.2) is 47.3 Å². The lowest BCUT2D eigenvalue weighted by Crippen LogP contribution is -2.19. The summed E-state index contributed by atoms with van der Waals surface area (Å²) in [4.78, 5) is 14.8. The fourth-order valence-electron chi connectivity index (χ4n) is 3.07. The molecule has 0 aliphatic rings. The van der Waals surface area contributed by atoms with Crippen molar-refractivity contribution < 1.29 is 0 Å². The highest BCUT2D eigenvalue weighted by molar-refractivity contribution is 5.83. The summed E-state index contributed by atoms with van der Waals surface area (Å²) in [5, 5.41) is 2.43. The van der Waals surface area contributed by atoms with Crippen molar-refractivity contribution in [1.82, 2.24) is 4.98 Å². The van der Waals surface area contributed by atoms with E-state index in [1.165, 1.54) is 16.3 Å². The third-order valence-corrected chi connectivity index (χ3v) is 4.24. The minimum absolute atomic E-state index is 0.189. The summed E-state index contributed by atoms with van der Waals surface area (Å²) < 4.78 is 0. The van der Waals surface area contributed by atoms with Crippen molar-refractivity contribution in [3.05, 3.63) is 75.2 Å². The van der Waals surface area contributed by atoms with Crippen LogP contribution >= 0.6 is 0 Å². The minimum atomic E-state index is -0.189. The molecule has 0 amide bonds. The standard InChI is InChI=1S/C19H20N2O/c1-3-16-12(2)21-19(22)18(20)17(16)11-13-8-9-14-6-4-5-7-15(14)10-13/h4-10H,3,11,20H2,1-2H3,(H,21,22). The summed E-state index contributed by atoms with van der Waals surface area (Å²) >= 11 is 0. The van der Waals surface area contributed by atoms with Gasteiger partial charge in [-0.25, -0.2) is 0 Å². The number of nitrogens with one attached hydrogen (secondary N) is 1. The van der Waals surface area contributed by atoms with Gasteiger partial charge in [-0.15, -0.1) is 0 Å². The highest BCUT2D eigenvalue weighted by Crippen LogP contribution is 2.23. The van der Waals surface area contributed by atoms with Gasteiger partial charge < -0.3 is 10.7 Å². The Morgan fingerprint density at radius 1 is 1.05 bits per heavy atom. The van der Waals surface area contributed by atoms with Crippen molar-refractivity contribution in [2.75, 3.05) is 5.73 Å². The van der Waals surface area contributed by atoms with Crippen LogP contribution < -0.4 is 11.3 Å². The topological polar surface area (TPSA) is 58.9 Å². The lowest BCUT2D eigenvalue weighted by Gasteiger charge is -2.14. The Kier molecular flexibility index (Phi) is 3.72. The van der Waals surface area contributed by atoms with Gasteiger partial charge in [0.15, 0.2) is 0 Å². The van der Waals surface area contributed by atoms with E-state index in [0.717, 1.165) is 23.2 Å². The van der Waals surface area contributed by atoms with Crippen molar-refractivity contribution in [3.8, 4) is 0 Å². The second-order valence-corrected chi connectivity index (χ2v) is 5.66. The van der Waals surface area contributed by atoms with Gasteiger partial charge in [0.05, 0.1) is 0 Å². The number of nitrogens with two attached hydrogens (primary N) is 1. The predicted molar refractivity (Wildman–Crippen MR) is 92.3 cm³/mol. The largest absolute Gasteiger partial charge is 0.394 e. The Labute approximate surface area is 129 Å². The molecule has 1 aromatic heterocycles. The van der Waals surface area contributed by atoms with Gasteiger partial charge in [-0.3, -0.25) is 4.79 Å². The average molecular weight is 292 g/mol. The van der Waals surface area contributed by atoms with Crippen LogP contribution in [-0.4, -0.2) is 4.98 Å². The fraction of sp³-hybridized carbons (Fsp3) is 0.211. The highest BCUT2D eigenvalue weighted by atomic mass is 16.1. The van der Waals surface area contributed by atoms with Crippen molar-refractivity contribution in [1.29, 1.82) is 0 Å². The summed E-state index contributed by atoms with van der Waals surface area (Å²) in [5.41, 5.74) is 10.4. The zero-order valence-electron chi connectivity index (χ0n) is 12.9. The molecule has 0 bridgehead atoms. The molecule has 3 N–H and O–H groups in total. The van der Waals surface area contributed by atoms with Gasteiger partial charge in [0, 0.05) is 12.1 Å². The number of H-pyrrole nitrogens is 1. The summed E-state index contributed by atoms with van der Waals surface area (Å²) in [6, 6.07) is 14.7. The minimum Gasteiger partial charge on any atom is -0.394 e. The van der Waals surface area contributed by atoms with E-state index in [9.17, 15) is 4.79 Å². The van der Waals surface area contributed by atoms with Crippen LogP contribution in [0.25, 0.3) is 10.8 Å². The molecular weight excluding hydrogens is 272 g/mol. The molecule has 0 spiro atoms. The van der Waals surface area contributed by atoms with E-state index in [1.807, 2.05) is 19.1 Å². The summed E-state index contributed by atoms with van der Waals surface area (Å²) in [6.45, 7) is 4.02. The van der Waals surface area contributed by atoms with Crippen molar-refractivity contribution in [2.45, 2.75) is 26.7 Å². The number of fused-ring (bicyclic) bond motifs is 1. The average Bonchev–Trinajstić information content (AvgIpc) is 2.52. The number of hydrogen-bond donors (Lipinski definition) is 2. The molecule has 0 aliphatic heterocycles. The monoisotopic (exact) mass is 292 g/mol. The van der Waals surface area contributed by atoms with Gasteiger partial charge in [0.2, 0.25) is 0 Å². The molecule has 3 nitrogen and oxygen atoms in total. The van der Waals surface area contributed by atoms with E-state index < -0.39 is 0 Å². The zero-order valence-corrected chi connectivity index (χ0v) is 12.9. The summed E-state index contributed by atoms with van der Waals surface area (Å²) in [6.07, 6.45) is 1.54. The number of hydrogen-bond acceptors (Lipinski definition) is 2. The van der Waals surface area contributed by atoms with Gasteiger partial charge in [0.1, 0.15) is 5.69 Å². The van der Waals surface area contributed by atoms with Crippen LogP contribution in [0.5, 0.6) is 0 Å². The molecule has 2 aromatic carbocycles. The predicted octanol–water partition coefficient (Wildman–Crippen LogP) is 3.57. The van der Waals surface area contributed by atoms with Crippen LogP contribution in [-0.2, 0) is 12.8 Å². The van der Waals surface area contributed by atoms with E-state index in [0.29, 0.717) is 12.1 Å². The lowest BCUT2D eigenvalue weighted by atomic mass is 9.95. The molecular formula is C19H20N2O. The van der Waals surface area contributed by atoms with Crippen molar-refractivity contribution in [3.63, 3.8) is 0 Å². The van der Waals surface area contributed by atoms with Crippen LogP contribution in [0.2, 0.25) is 0 Å². The Balaban J connectivity index is 2.10. The molecule has 0 unspecified atom stereocenters. The van der Waals surface area contributed by atoms with Crippen LogP contribution in [0.1, 0.15) is 29.3 Å².